The van der Waals surface area contributed by atoms with Crippen LogP contribution in [0.1, 0.15) is 48.3 Å². The number of aryl methyl sites for hydroxylation is 1. The quantitative estimate of drug-likeness (QED) is 0.362. The van der Waals surface area contributed by atoms with E-state index in [1.54, 1.807) is 14.2 Å². The van der Waals surface area contributed by atoms with Crippen LogP contribution in [0, 0.1) is 6.92 Å². The van der Waals surface area contributed by atoms with E-state index in [-0.39, 0.29) is 11.8 Å². The fourth-order valence-corrected chi connectivity index (χ4v) is 4.02. The maximum atomic E-state index is 6.10. The Balaban J connectivity index is 0.000000504. The normalized spacial score (nSPS) is 16.8. The second-order valence-corrected chi connectivity index (χ2v) is 7.21. The van der Waals surface area contributed by atoms with E-state index in [4.69, 9.17) is 9.15 Å². The molecule has 0 bridgehead atoms. The lowest BCUT2D eigenvalue weighted by Crippen LogP contribution is -2.25. The molecule has 1 aliphatic rings. The molecule has 2 heterocycles. The van der Waals surface area contributed by atoms with E-state index in [9.17, 15) is 0 Å². The van der Waals surface area contributed by atoms with Gasteiger partial charge in [0.2, 0.25) is 0 Å². The second-order valence-electron chi connectivity index (χ2n) is 7.21. The third kappa shape index (κ3) is 4.97. The number of ether oxygens (including phenoxy) is 2. The molecule has 4 aromatic rings. The van der Waals surface area contributed by atoms with Gasteiger partial charge in [-0.2, -0.15) is 0 Å². The molecule has 3 aromatic carbocycles. The van der Waals surface area contributed by atoms with Crippen molar-refractivity contribution in [2.75, 3.05) is 20.8 Å². The van der Waals surface area contributed by atoms with Gasteiger partial charge in [-0.25, -0.2) is 4.98 Å². The van der Waals surface area contributed by atoms with Gasteiger partial charge in [-0.3, -0.25) is 0 Å². The lowest BCUT2D eigenvalue weighted by molar-refractivity contribution is 0.249. The molecule has 1 aliphatic heterocycles. The van der Waals surface area contributed by atoms with Crippen LogP contribution in [0.4, 0.5) is 0 Å². The molecule has 31 heavy (non-hydrogen) atoms. The topological polar surface area (TPSA) is 44.5 Å². The Bertz CT molecular complexity index is 1090. The molecule has 4 nitrogen and oxygen atoms in total. The maximum Gasteiger partial charge on any atom is 0.192 e. The molecule has 0 saturated heterocycles. The Hall–Kier alpha value is -3.11. The van der Waals surface area contributed by atoms with Crippen molar-refractivity contribution in [3.05, 3.63) is 95.4 Å². The molecule has 0 aliphatic carbocycles. The van der Waals surface area contributed by atoms with Gasteiger partial charge >= 0.3 is 0 Å². The van der Waals surface area contributed by atoms with Crippen LogP contribution in [-0.4, -0.2) is 25.8 Å². The standard InChI is InChI=1S/C23H19NO2.C2H6O.C2H6/c1-15-24-20-13-17(11-12-22(20)26-15)23-18-9-5-6-10-21(18)25-14-19(23)16-7-3-2-4-8-16;1-3-2;1-2/h2-13,19,23H,14H2,1H3;1-2H3;1-2H3. The lowest BCUT2D eigenvalue weighted by atomic mass is 9.76. The van der Waals surface area contributed by atoms with Gasteiger partial charge in [0, 0.05) is 38.5 Å². The molecule has 0 radical (unpaired) electrons. The Morgan fingerprint density at radius 1 is 0.871 bits per heavy atom. The monoisotopic (exact) mass is 417 g/mol. The van der Waals surface area contributed by atoms with Gasteiger partial charge in [-0.15, -0.1) is 0 Å². The number of para-hydroxylation sites is 1. The van der Waals surface area contributed by atoms with Crippen molar-refractivity contribution in [1.82, 2.24) is 4.98 Å². The molecule has 5 rings (SSSR count). The third-order valence-corrected chi connectivity index (χ3v) is 5.18. The minimum atomic E-state index is 0.226. The van der Waals surface area contributed by atoms with Gasteiger partial charge in [-0.05, 0) is 29.3 Å². The minimum Gasteiger partial charge on any atom is -0.493 e. The summed E-state index contributed by atoms with van der Waals surface area (Å²) in [5.74, 6) is 2.16. The Kier molecular flexibility index (Phi) is 7.85. The molecule has 2 unspecified atom stereocenters. The van der Waals surface area contributed by atoms with Gasteiger partial charge in [0.05, 0.1) is 6.61 Å². The SMILES string of the molecule is CC.COC.Cc1nc2cc(C3c4ccccc4OCC3c3ccccc3)ccc2o1. The Morgan fingerprint density at radius 2 is 1.55 bits per heavy atom. The summed E-state index contributed by atoms with van der Waals surface area (Å²) in [5, 5.41) is 0. The Morgan fingerprint density at radius 3 is 2.29 bits per heavy atom. The summed E-state index contributed by atoms with van der Waals surface area (Å²) in [4.78, 5) is 4.52. The van der Waals surface area contributed by atoms with E-state index >= 15 is 0 Å². The maximum absolute atomic E-state index is 6.10. The zero-order chi connectivity index (χ0) is 22.2. The highest BCUT2D eigenvalue weighted by molar-refractivity contribution is 5.74. The molecule has 1 aromatic heterocycles. The summed E-state index contributed by atoms with van der Waals surface area (Å²) in [6.07, 6.45) is 0. The van der Waals surface area contributed by atoms with E-state index in [0.29, 0.717) is 12.5 Å². The number of benzene rings is 3. The number of hydrogen-bond donors (Lipinski definition) is 0. The summed E-state index contributed by atoms with van der Waals surface area (Å²) >= 11 is 0. The molecule has 2 atom stereocenters. The highest BCUT2D eigenvalue weighted by Crippen LogP contribution is 2.46. The first-order chi connectivity index (χ1) is 15.2. The smallest absolute Gasteiger partial charge is 0.192 e. The minimum absolute atomic E-state index is 0.226. The summed E-state index contributed by atoms with van der Waals surface area (Å²) in [7, 11) is 3.25. The highest BCUT2D eigenvalue weighted by Gasteiger charge is 2.33. The lowest BCUT2D eigenvalue weighted by Gasteiger charge is -2.34. The van der Waals surface area contributed by atoms with Gasteiger partial charge in [0.15, 0.2) is 11.5 Å². The molecule has 0 saturated carbocycles. The number of rotatable bonds is 2. The molecule has 4 heteroatoms. The first-order valence-electron chi connectivity index (χ1n) is 10.7. The van der Waals surface area contributed by atoms with E-state index < -0.39 is 0 Å². The first-order valence-corrected chi connectivity index (χ1v) is 10.7. The second kappa shape index (κ2) is 10.8. The summed E-state index contributed by atoms with van der Waals surface area (Å²) < 4.78 is 16.0. The van der Waals surface area contributed by atoms with Crippen LogP contribution in [0.5, 0.6) is 5.75 Å². The molecular weight excluding hydrogens is 386 g/mol. The fourth-order valence-electron chi connectivity index (χ4n) is 4.02. The largest absolute Gasteiger partial charge is 0.493 e. The molecular formula is C27H31NO3. The van der Waals surface area contributed by atoms with Crippen LogP contribution in [0.25, 0.3) is 11.1 Å². The molecule has 0 fully saturated rings. The van der Waals surface area contributed by atoms with Crippen molar-refractivity contribution >= 4 is 11.1 Å². The van der Waals surface area contributed by atoms with Crippen LogP contribution in [-0.2, 0) is 4.74 Å². The van der Waals surface area contributed by atoms with E-state index in [1.165, 1.54) is 16.7 Å². The molecule has 0 amide bonds. The molecule has 0 spiro atoms. The summed E-state index contributed by atoms with van der Waals surface area (Å²) in [6.45, 7) is 6.55. The van der Waals surface area contributed by atoms with Gasteiger partial charge in [0.25, 0.3) is 0 Å². The zero-order valence-electron chi connectivity index (χ0n) is 19.0. The molecule has 162 valence electrons. The van der Waals surface area contributed by atoms with Crippen LogP contribution in [0.2, 0.25) is 0 Å². The highest BCUT2D eigenvalue weighted by atomic mass is 16.5. The third-order valence-electron chi connectivity index (χ3n) is 5.18. The van der Waals surface area contributed by atoms with E-state index in [1.807, 2.05) is 32.9 Å². The number of hydrogen-bond acceptors (Lipinski definition) is 4. The van der Waals surface area contributed by atoms with E-state index in [0.717, 1.165) is 16.8 Å². The number of aromatic nitrogens is 1. The van der Waals surface area contributed by atoms with Crippen LogP contribution in [0.15, 0.2) is 77.2 Å². The fraction of sp³-hybridized carbons (Fsp3) is 0.296. The van der Waals surface area contributed by atoms with Crippen molar-refractivity contribution in [3.63, 3.8) is 0 Å². The van der Waals surface area contributed by atoms with Gasteiger partial charge < -0.3 is 13.9 Å². The average Bonchev–Trinajstić information content (AvgIpc) is 3.20. The number of fused-ring (bicyclic) bond motifs is 2. The van der Waals surface area contributed by atoms with Gasteiger partial charge in [-0.1, -0.05) is 68.4 Å². The van der Waals surface area contributed by atoms with Crippen molar-refractivity contribution < 1.29 is 13.9 Å². The zero-order valence-corrected chi connectivity index (χ0v) is 19.0. The van der Waals surface area contributed by atoms with E-state index in [2.05, 4.69) is 70.4 Å². The van der Waals surface area contributed by atoms with Crippen LogP contribution in [0.3, 0.4) is 0 Å². The van der Waals surface area contributed by atoms with Crippen molar-refractivity contribution in [3.8, 4) is 5.75 Å². The van der Waals surface area contributed by atoms with Crippen molar-refractivity contribution in [2.24, 2.45) is 0 Å². The summed E-state index contributed by atoms with van der Waals surface area (Å²) in [6, 6.07) is 25.3. The Labute approximate surface area is 184 Å². The van der Waals surface area contributed by atoms with Crippen LogP contribution < -0.4 is 4.74 Å². The number of methoxy groups -OCH3 is 1. The summed E-state index contributed by atoms with van der Waals surface area (Å²) in [5.41, 5.74) is 5.52. The predicted molar refractivity (Wildman–Crippen MR) is 126 cm³/mol. The van der Waals surface area contributed by atoms with Crippen LogP contribution >= 0.6 is 0 Å². The average molecular weight is 418 g/mol. The van der Waals surface area contributed by atoms with Crippen molar-refractivity contribution in [1.29, 1.82) is 0 Å². The van der Waals surface area contributed by atoms with Crippen molar-refractivity contribution in [2.45, 2.75) is 32.6 Å². The predicted octanol–water partition coefficient (Wildman–Crippen LogP) is 6.73. The number of nitrogens with zero attached hydrogens (tertiary/aromatic N) is 1. The van der Waals surface area contributed by atoms with Gasteiger partial charge in [0.1, 0.15) is 11.3 Å². The molecule has 0 N–H and O–H groups in total. The number of oxazole rings is 1. The first kappa shape index (κ1) is 22.6.